The van der Waals surface area contributed by atoms with Gasteiger partial charge in [-0.05, 0) is 6.08 Å². The molecule has 1 rings (SSSR count). The van der Waals surface area contributed by atoms with E-state index in [1.807, 2.05) is 0 Å². The van der Waals surface area contributed by atoms with Crippen LogP contribution in [0.25, 0.3) is 0 Å². The SMILES string of the molecule is O=C1C=C(Br)COC1. The van der Waals surface area contributed by atoms with Crippen LogP contribution in [0.5, 0.6) is 0 Å². The number of rotatable bonds is 0. The third-order valence-corrected chi connectivity index (χ3v) is 1.26. The maximum absolute atomic E-state index is 10.4. The molecular formula is C5H5BrO2. The van der Waals surface area contributed by atoms with Gasteiger partial charge in [-0.25, -0.2) is 0 Å². The third kappa shape index (κ3) is 1.42. The highest BCUT2D eigenvalue weighted by atomic mass is 79.9. The van der Waals surface area contributed by atoms with E-state index in [1.165, 1.54) is 0 Å². The molecule has 0 N–H and O–H groups in total. The lowest BCUT2D eigenvalue weighted by Crippen LogP contribution is -2.12. The number of hydrogen-bond donors (Lipinski definition) is 0. The van der Waals surface area contributed by atoms with Gasteiger partial charge in [0.2, 0.25) is 0 Å². The lowest BCUT2D eigenvalue weighted by Gasteiger charge is -2.05. The van der Waals surface area contributed by atoms with Gasteiger partial charge in [0.1, 0.15) is 6.61 Å². The van der Waals surface area contributed by atoms with Crippen molar-refractivity contribution in [3.63, 3.8) is 0 Å². The highest BCUT2D eigenvalue weighted by Crippen LogP contribution is 2.08. The Morgan fingerprint density at radius 1 is 1.62 bits per heavy atom. The summed E-state index contributed by atoms with van der Waals surface area (Å²) in [6, 6.07) is 0. The van der Waals surface area contributed by atoms with Crippen LogP contribution in [0.4, 0.5) is 0 Å². The van der Waals surface area contributed by atoms with Crippen LogP contribution < -0.4 is 0 Å². The molecule has 0 bridgehead atoms. The topological polar surface area (TPSA) is 26.3 Å². The molecule has 0 unspecified atom stereocenters. The van der Waals surface area contributed by atoms with Crippen LogP contribution in [0.2, 0.25) is 0 Å². The van der Waals surface area contributed by atoms with Gasteiger partial charge in [0.25, 0.3) is 0 Å². The zero-order chi connectivity index (χ0) is 5.98. The van der Waals surface area contributed by atoms with Crippen LogP contribution in [-0.2, 0) is 9.53 Å². The van der Waals surface area contributed by atoms with Crippen LogP contribution in [0.1, 0.15) is 0 Å². The smallest absolute Gasteiger partial charge is 0.182 e. The van der Waals surface area contributed by atoms with Crippen LogP contribution >= 0.6 is 15.9 Å². The highest BCUT2D eigenvalue weighted by Gasteiger charge is 2.05. The molecular weight excluding hydrogens is 172 g/mol. The van der Waals surface area contributed by atoms with E-state index >= 15 is 0 Å². The van der Waals surface area contributed by atoms with E-state index < -0.39 is 0 Å². The van der Waals surface area contributed by atoms with E-state index in [9.17, 15) is 4.79 Å². The Morgan fingerprint density at radius 2 is 2.38 bits per heavy atom. The van der Waals surface area contributed by atoms with E-state index in [1.54, 1.807) is 6.08 Å². The first-order valence-electron chi connectivity index (χ1n) is 2.25. The van der Waals surface area contributed by atoms with Crippen LogP contribution in [0, 0.1) is 0 Å². The van der Waals surface area contributed by atoms with Crippen LogP contribution in [-0.4, -0.2) is 19.0 Å². The fourth-order valence-electron chi connectivity index (χ4n) is 0.507. The molecule has 3 heteroatoms. The van der Waals surface area contributed by atoms with E-state index in [-0.39, 0.29) is 12.4 Å². The Balaban J connectivity index is 2.64. The Kier molecular flexibility index (Phi) is 1.81. The molecule has 0 radical (unpaired) electrons. The van der Waals surface area contributed by atoms with Crippen LogP contribution in [0.15, 0.2) is 10.6 Å². The predicted molar refractivity (Wildman–Crippen MR) is 32.8 cm³/mol. The molecule has 0 spiro atoms. The fraction of sp³-hybridized carbons (Fsp3) is 0.400. The van der Waals surface area contributed by atoms with Crippen molar-refractivity contribution in [2.24, 2.45) is 0 Å². The molecule has 0 aromatic carbocycles. The lowest BCUT2D eigenvalue weighted by molar-refractivity contribution is -0.119. The molecule has 2 nitrogen and oxygen atoms in total. The second kappa shape index (κ2) is 2.42. The van der Waals surface area contributed by atoms with Gasteiger partial charge in [0.15, 0.2) is 5.78 Å². The standard InChI is InChI=1S/C5H5BrO2/c6-4-1-5(7)3-8-2-4/h1H,2-3H2. The van der Waals surface area contributed by atoms with Gasteiger partial charge in [0.05, 0.1) is 6.61 Å². The van der Waals surface area contributed by atoms with E-state index in [0.717, 1.165) is 4.48 Å². The molecule has 0 fully saturated rings. The van der Waals surface area contributed by atoms with Crippen molar-refractivity contribution in [3.05, 3.63) is 10.6 Å². The van der Waals surface area contributed by atoms with Crippen molar-refractivity contribution < 1.29 is 9.53 Å². The predicted octanol–water partition coefficient (Wildman–Crippen LogP) is 0.864. The van der Waals surface area contributed by atoms with Gasteiger partial charge in [-0.1, -0.05) is 15.9 Å². The van der Waals surface area contributed by atoms with Gasteiger partial charge in [0, 0.05) is 4.48 Å². The summed E-state index contributed by atoms with van der Waals surface area (Å²) in [5, 5.41) is 0. The number of ether oxygens (including phenoxy) is 1. The normalized spacial score (nSPS) is 20.6. The highest BCUT2D eigenvalue weighted by molar-refractivity contribution is 9.11. The molecule has 8 heavy (non-hydrogen) atoms. The number of carbonyl (C=O) groups excluding carboxylic acids is 1. The minimum atomic E-state index is 0.0307. The van der Waals surface area contributed by atoms with Crippen LogP contribution in [0.3, 0.4) is 0 Å². The molecule has 0 aromatic heterocycles. The van der Waals surface area contributed by atoms with Crippen molar-refractivity contribution in [2.45, 2.75) is 0 Å². The van der Waals surface area contributed by atoms with Crippen molar-refractivity contribution in [1.29, 1.82) is 0 Å². The van der Waals surface area contributed by atoms with E-state index in [4.69, 9.17) is 4.74 Å². The maximum Gasteiger partial charge on any atom is 0.182 e. The molecule has 0 aromatic rings. The molecule has 0 saturated carbocycles. The first-order chi connectivity index (χ1) is 3.79. The summed E-state index contributed by atoms with van der Waals surface area (Å²) >= 11 is 3.14. The third-order valence-electron chi connectivity index (χ3n) is 0.802. The Morgan fingerprint density at radius 3 is 2.75 bits per heavy atom. The van der Waals surface area contributed by atoms with Crippen molar-refractivity contribution >= 4 is 21.7 Å². The van der Waals surface area contributed by atoms with Crippen molar-refractivity contribution in [2.75, 3.05) is 13.2 Å². The summed E-state index contributed by atoms with van der Waals surface area (Å²) in [6.07, 6.45) is 1.55. The zero-order valence-corrected chi connectivity index (χ0v) is 5.77. The summed E-state index contributed by atoms with van der Waals surface area (Å²) in [7, 11) is 0. The maximum atomic E-state index is 10.4. The molecule has 44 valence electrons. The molecule has 0 atom stereocenters. The average Bonchev–Trinajstić information content (AvgIpc) is 1.64. The average molecular weight is 177 g/mol. The quantitative estimate of drug-likeness (QED) is 0.548. The number of halogens is 1. The minimum absolute atomic E-state index is 0.0307. The van der Waals surface area contributed by atoms with Gasteiger partial charge in [-0.15, -0.1) is 0 Å². The molecule has 0 amide bonds. The molecule has 0 saturated heterocycles. The number of carbonyl (C=O) groups is 1. The second-order valence-corrected chi connectivity index (χ2v) is 2.57. The van der Waals surface area contributed by atoms with Gasteiger partial charge < -0.3 is 4.74 Å². The fourth-order valence-corrected chi connectivity index (χ4v) is 0.924. The number of hydrogen-bond acceptors (Lipinski definition) is 2. The van der Waals surface area contributed by atoms with Gasteiger partial charge in [-0.3, -0.25) is 4.79 Å². The second-order valence-electron chi connectivity index (χ2n) is 1.55. The van der Waals surface area contributed by atoms with E-state index in [2.05, 4.69) is 15.9 Å². The van der Waals surface area contributed by atoms with Gasteiger partial charge in [-0.2, -0.15) is 0 Å². The van der Waals surface area contributed by atoms with E-state index in [0.29, 0.717) is 6.61 Å². The van der Waals surface area contributed by atoms with Crippen molar-refractivity contribution in [3.8, 4) is 0 Å². The molecule has 1 aliphatic heterocycles. The first kappa shape index (κ1) is 5.98. The Bertz CT molecular complexity index is 139. The summed E-state index contributed by atoms with van der Waals surface area (Å²) in [5.74, 6) is 0.0307. The molecule has 1 heterocycles. The zero-order valence-electron chi connectivity index (χ0n) is 4.19. The minimum Gasteiger partial charge on any atom is -0.368 e. The molecule has 0 aliphatic carbocycles. The Hall–Kier alpha value is -0.150. The summed E-state index contributed by atoms with van der Waals surface area (Å²) in [4.78, 5) is 10.4. The summed E-state index contributed by atoms with van der Waals surface area (Å²) in [5.41, 5.74) is 0. The molecule has 1 aliphatic rings. The summed E-state index contributed by atoms with van der Waals surface area (Å²) < 4.78 is 5.66. The summed E-state index contributed by atoms with van der Waals surface area (Å²) in [6.45, 7) is 0.765. The largest absolute Gasteiger partial charge is 0.368 e. The van der Waals surface area contributed by atoms with Gasteiger partial charge >= 0.3 is 0 Å². The number of ketones is 1. The monoisotopic (exact) mass is 176 g/mol. The Labute approximate surface area is 55.6 Å². The lowest BCUT2D eigenvalue weighted by atomic mass is 10.3. The van der Waals surface area contributed by atoms with Crippen molar-refractivity contribution in [1.82, 2.24) is 0 Å². The first-order valence-corrected chi connectivity index (χ1v) is 3.05.